The molecule has 0 spiro atoms. The van der Waals surface area contributed by atoms with Crippen molar-refractivity contribution in [3.05, 3.63) is 40.3 Å². The molecule has 6 nitrogen and oxygen atoms in total. The fraction of sp³-hybridized carbons (Fsp3) is 0.231. The zero-order valence-electron chi connectivity index (χ0n) is 11.2. The minimum Gasteiger partial charge on any atom is -0.476 e. The van der Waals surface area contributed by atoms with E-state index in [1.807, 2.05) is 0 Å². The van der Waals surface area contributed by atoms with Gasteiger partial charge in [-0.3, -0.25) is 0 Å². The van der Waals surface area contributed by atoms with Gasteiger partial charge in [-0.15, -0.1) is 11.3 Å². The van der Waals surface area contributed by atoms with Crippen LogP contribution in [0.3, 0.4) is 0 Å². The zero-order chi connectivity index (χ0) is 15.5. The first-order chi connectivity index (χ1) is 9.92. The number of rotatable bonds is 6. The molecule has 2 N–H and O–H groups in total. The number of sulfone groups is 1. The molecule has 0 aliphatic carbocycles. The highest BCUT2D eigenvalue weighted by Gasteiger charge is 2.11. The summed E-state index contributed by atoms with van der Waals surface area (Å²) >= 11 is 1.26. The van der Waals surface area contributed by atoms with Crippen molar-refractivity contribution < 1.29 is 18.3 Å². The molecular weight excluding hydrogens is 312 g/mol. The van der Waals surface area contributed by atoms with Crippen LogP contribution in [0.25, 0.3) is 0 Å². The Morgan fingerprint density at radius 1 is 1.33 bits per heavy atom. The quantitative estimate of drug-likeness (QED) is 0.845. The van der Waals surface area contributed by atoms with E-state index in [0.717, 1.165) is 5.69 Å². The summed E-state index contributed by atoms with van der Waals surface area (Å²) in [7, 11) is -3.19. The van der Waals surface area contributed by atoms with E-state index in [0.29, 0.717) is 11.6 Å². The third-order valence-corrected chi connectivity index (χ3v) is 5.41. The van der Waals surface area contributed by atoms with Gasteiger partial charge in [-0.1, -0.05) is 6.92 Å². The highest BCUT2D eigenvalue weighted by molar-refractivity contribution is 7.91. The number of benzene rings is 1. The lowest BCUT2D eigenvalue weighted by Crippen LogP contribution is -2.04. The van der Waals surface area contributed by atoms with Gasteiger partial charge in [-0.05, 0) is 24.3 Å². The smallest absolute Gasteiger partial charge is 0.355 e. The summed E-state index contributed by atoms with van der Waals surface area (Å²) in [5.41, 5.74) is 0.776. The number of carbonyl (C=O) groups is 1. The molecule has 0 atom stereocenters. The van der Waals surface area contributed by atoms with Crippen LogP contribution in [0.1, 0.15) is 22.4 Å². The largest absolute Gasteiger partial charge is 0.476 e. The Bertz CT molecular complexity index is 736. The van der Waals surface area contributed by atoms with Crippen LogP contribution in [-0.2, 0) is 16.4 Å². The molecule has 0 unspecified atom stereocenters. The highest BCUT2D eigenvalue weighted by atomic mass is 32.2. The lowest BCUT2D eigenvalue weighted by Gasteiger charge is -2.06. The third-order valence-electron chi connectivity index (χ3n) is 2.81. The standard InChI is InChI=1S/C13H14N2O4S2/c1-2-21(18,19)10-5-3-9(4-6-10)14-7-12-15-11(8-20-12)13(16)17/h3-6,8,14H,2,7H2,1H3,(H,16,17). The molecule has 1 aromatic carbocycles. The van der Waals surface area contributed by atoms with Gasteiger partial charge in [-0.2, -0.15) is 0 Å². The van der Waals surface area contributed by atoms with Crippen molar-refractivity contribution in [1.29, 1.82) is 0 Å². The van der Waals surface area contributed by atoms with Crippen molar-refractivity contribution in [1.82, 2.24) is 4.98 Å². The van der Waals surface area contributed by atoms with Crippen LogP contribution >= 0.6 is 11.3 Å². The van der Waals surface area contributed by atoms with E-state index in [-0.39, 0.29) is 16.3 Å². The second kappa shape index (κ2) is 6.23. The Balaban J connectivity index is 2.02. The van der Waals surface area contributed by atoms with Gasteiger partial charge in [0.15, 0.2) is 15.5 Å². The topological polar surface area (TPSA) is 96.4 Å². The lowest BCUT2D eigenvalue weighted by molar-refractivity contribution is 0.0691. The molecule has 0 fully saturated rings. The molecule has 8 heteroatoms. The molecule has 0 radical (unpaired) electrons. The number of hydrogen-bond acceptors (Lipinski definition) is 6. The van der Waals surface area contributed by atoms with E-state index < -0.39 is 15.8 Å². The number of carboxylic acids is 1. The van der Waals surface area contributed by atoms with E-state index in [2.05, 4.69) is 10.3 Å². The van der Waals surface area contributed by atoms with Gasteiger partial charge < -0.3 is 10.4 Å². The molecule has 0 bridgehead atoms. The Hall–Kier alpha value is -1.93. The van der Waals surface area contributed by atoms with Crippen LogP contribution in [0.15, 0.2) is 34.5 Å². The maximum Gasteiger partial charge on any atom is 0.355 e. The molecule has 1 aromatic heterocycles. The van der Waals surface area contributed by atoms with E-state index in [4.69, 9.17) is 5.11 Å². The summed E-state index contributed by atoms with van der Waals surface area (Å²) in [5.74, 6) is -0.983. The monoisotopic (exact) mass is 326 g/mol. The predicted molar refractivity (Wildman–Crippen MR) is 80.6 cm³/mol. The van der Waals surface area contributed by atoms with Gasteiger partial charge in [-0.25, -0.2) is 18.2 Å². The van der Waals surface area contributed by atoms with Gasteiger partial charge >= 0.3 is 5.97 Å². The average Bonchev–Trinajstić information content (AvgIpc) is 2.95. The summed E-state index contributed by atoms with van der Waals surface area (Å²) in [6, 6.07) is 6.44. The number of aromatic nitrogens is 1. The first-order valence-electron chi connectivity index (χ1n) is 6.17. The number of nitrogens with zero attached hydrogens (tertiary/aromatic N) is 1. The molecule has 112 valence electrons. The normalized spacial score (nSPS) is 11.3. The SMILES string of the molecule is CCS(=O)(=O)c1ccc(NCc2nc(C(=O)O)cs2)cc1. The zero-order valence-corrected chi connectivity index (χ0v) is 12.9. The van der Waals surface area contributed by atoms with E-state index in [9.17, 15) is 13.2 Å². The second-order valence-electron chi connectivity index (χ2n) is 4.21. The van der Waals surface area contributed by atoms with Crippen LogP contribution in [0.5, 0.6) is 0 Å². The first kappa shape index (κ1) is 15.5. The summed E-state index contributed by atoms with van der Waals surface area (Å²) < 4.78 is 23.3. The van der Waals surface area contributed by atoms with Crippen molar-refractivity contribution >= 4 is 32.8 Å². The van der Waals surface area contributed by atoms with Crippen molar-refractivity contribution in [3.63, 3.8) is 0 Å². The Morgan fingerprint density at radius 2 is 2.00 bits per heavy atom. The molecule has 0 amide bonds. The van der Waals surface area contributed by atoms with Gasteiger partial charge in [0.05, 0.1) is 17.2 Å². The van der Waals surface area contributed by atoms with Crippen LogP contribution in [0.4, 0.5) is 5.69 Å². The molecule has 0 aliphatic rings. The lowest BCUT2D eigenvalue weighted by atomic mass is 10.3. The van der Waals surface area contributed by atoms with Crippen LogP contribution in [0.2, 0.25) is 0 Å². The second-order valence-corrected chi connectivity index (χ2v) is 7.43. The van der Waals surface area contributed by atoms with Crippen molar-refractivity contribution in [3.8, 4) is 0 Å². The maximum absolute atomic E-state index is 11.7. The minimum atomic E-state index is -3.19. The van der Waals surface area contributed by atoms with E-state index in [1.165, 1.54) is 16.7 Å². The van der Waals surface area contributed by atoms with Gasteiger partial charge in [0, 0.05) is 11.1 Å². The molecule has 1 heterocycles. The van der Waals surface area contributed by atoms with Crippen LogP contribution in [0, 0.1) is 0 Å². The number of aromatic carboxylic acids is 1. The Morgan fingerprint density at radius 3 is 2.52 bits per heavy atom. The predicted octanol–water partition coefficient (Wildman–Crippen LogP) is 2.25. The molecule has 0 aliphatic heterocycles. The molecule has 0 saturated heterocycles. The van der Waals surface area contributed by atoms with Crippen molar-refractivity contribution in [2.45, 2.75) is 18.4 Å². The number of nitrogens with one attached hydrogen (secondary N) is 1. The average molecular weight is 326 g/mol. The third kappa shape index (κ3) is 3.79. The molecule has 2 aromatic rings. The number of anilines is 1. The molecular formula is C13H14N2O4S2. The minimum absolute atomic E-state index is 0.0289. The first-order valence-corrected chi connectivity index (χ1v) is 8.70. The molecule has 0 saturated carbocycles. The number of carboxylic acid groups (broad SMARTS) is 1. The van der Waals surface area contributed by atoms with Gasteiger partial charge in [0.25, 0.3) is 0 Å². The maximum atomic E-state index is 11.7. The summed E-state index contributed by atoms with van der Waals surface area (Å²) in [5, 5.41) is 14.0. The van der Waals surface area contributed by atoms with Crippen LogP contribution < -0.4 is 5.32 Å². The van der Waals surface area contributed by atoms with E-state index in [1.54, 1.807) is 31.2 Å². The van der Waals surface area contributed by atoms with Crippen molar-refractivity contribution in [2.75, 3.05) is 11.1 Å². The Kier molecular flexibility index (Phi) is 4.59. The van der Waals surface area contributed by atoms with Gasteiger partial charge in [0.2, 0.25) is 0 Å². The fourth-order valence-electron chi connectivity index (χ4n) is 1.61. The summed E-state index contributed by atoms with van der Waals surface area (Å²) in [4.78, 5) is 15.0. The number of hydrogen-bond donors (Lipinski definition) is 2. The molecule has 2 rings (SSSR count). The van der Waals surface area contributed by atoms with Gasteiger partial charge in [0.1, 0.15) is 5.01 Å². The van der Waals surface area contributed by atoms with Crippen LogP contribution in [-0.4, -0.2) is 30.2 Å². The summed E-state index contributed by atoms with van der Waals surface area (Å²) in [6.07, 6.45) is 0. The summed E-state index contributed by atoms with van der Waals surface area (Å²) in [6.45, 7) is 1.99. The Labute approximate surface area is 126 Å². The molecule has 21 heavy (non-hydrogen) atoms. The highest BCUT2D eigenvalue weighted by Crippen LogP contribution is 2.17. The van der Waals surface area contributed by atoms with Crippen molar-refractivity contribution in [2.24, 2.45) is 0 Å². The fourth-order valence-corrected chi connectivity index (χ4v) is 3.21. The van der Waals surface area contributed by atoms with E-state index >= 15 is 0 Å². The number of thiazole rings is 1.